The Morgan fingerprint density at radius 1 is 1.17 bits per heavy atom. The van der Waals surface area contributed by atoms with Crippen molar-refractivity contribution in [3.8, 4) is 0 Å². The molecule has 0 N–H and O–H groups in total. The zero-order chi connectivity index (χ0) is 16.7. The maximum Gasteiger partial charge on any atom is 0.262 e. The van der Waals surface area contributed by atoms with Crippen molar-refractivity contribution in [1.82, 2.24) is 9.80 Å². The molecule has 5 nitrogen and oxygen atoms in total. The van der Waals surface area contributed by atoms with Crippen LogP contribution in [-0.4, -0.2) is 47.2 Å². The van der Waals surface area contributed by atoms with Crippen LogP contribution in [0.4, 0.5) is 0 Å². The number of hydrogen-bond donors (Lipinski definition) is 0. The van der Waals surface area contributed by atoms with Crippen molar-refractivity contribution in [2.75, 3.05) is 19.6 Å². The quantitative estimate of drug-likeness (QED) is 0.767. The molecule has 0 aliphatic carbocycles. The van der Waals surface area contributed by atoms with E-state index in [1.807, 2.05) is 0 Å². The van der Waals surface area contributed by atoms with E-state index in [0.717, 1.165) is 17.7 Å². The first kappa shape index (κ1) is 16.3. The minimum atomic E-state index is -0.498. The second kappa shape index (κ2) is 6.13. The Balaban J connectivity index is 1.78. The first-order valence-corrected chi connectivity index (χ1v) is 8.27. The first-order valence-electron chi connectivity index (χ1n) is 7.51. The fraction of sp³-hybridized carbons (Fsp3) is 0.438. The summed E-state index contributed by atoms with van der Waals surface area (Å²) in [6.07, 6.45) is 2.04. The highest BCUT2D eigenvalue weighted by Crippen LogP contribution is 2.31. The molecule has 3 rings (SSSR count). The minimum absolute atomic E-state index is 0.198. The van der Waals surface area contributed by atoms with Crippen LogP contribution in [0.1, 0.15) is 40.5 Å². The lowest BCUT2D eigenvalue weighted by molar-refractivity contribution is -0.133. The van der Waals surface area contributed by atoms with Crippen molar-refractivity contribution >= 4 is 40.9 Å². The van der Waals surface area contributed by atoms with Crippen molar-refractivity contribution in [2.24, 2.45) is 5.92 Å². The van der Waals surface area contributed by atoms with Crippen molar-refractivity contribution in [3.05, 3.63) is 33.3 Å². The monoisotopic (exact) mass is 354 g/mol. The SMILES string of the molecule is C[C@H]1CCCN(C(=O)CN2C(=O)c3cc(Cl)c(Cl)cc3C2=O)C1. The standard InChI is InChI=1S/C16H16Cl2N2O3/c1-9-3-2-4-19(7-9)14(21)8-20-15(22)10-5-12(17)13(18)6-11(10)16(20)23/h5-6,9H,2-4,7-8H2,1H3/t9-/m0/s1. The summed E-state index contributed by atoms with van der Waals surface area (Å²) in [6, 6.07) is 2.76. The number of imide groups is 1. The number of hydrogen-bond acceptors (Lipinski definition) is 3. The molecule has 2 aliphatic heterocycles. The van der Waals surface area contributed by atoms with Crippen molar-refractivity contribution in [1.29, 1.82) is 0 Å². The molecular formula is C16H16Cl2N2O3. The molecule has 1 aromatic carbocycles. The molecule has 122 valence electrons. The third kappa shape index (κ3) is 2.95. The van der Waals surface area contributed by atoms with Crippen molar-refractivity contribution < 1.29 is 14.4 Å². The Labute approximate surface area is 144 Å². The third-order valence-electron chi connectivity index (χ3n) is 4.31. The molecule has 3 amide bonds. The molecule has 0 spiro atoms. The smallest absolute Gasteiger partial charge is 0.262 e. The van der Waals surface area contributed by atoms with Crippen LogP contribution in [0.15, 0.2) is 12.1 Å². The van der Waals surface area contributed by atoms with Crippen LogP contribution in [0.3, 0.4) is 0 Å². The molecule has 0 bridgehead atoms. The van der Waals surface area contributed by atoms with E-state index in [2.05, 4.69) is 6.92 Å². The molecule has 1 atom stereocenters. The number of piperidine rings is 1. The van der Waals surface area contributed by atoms with Gasteiger partial charge in [0.1, 0.15) is 6.54 Å². The van der Waals surface area contributed by atoms with Crippen LogP contribution in [-0.2, 0) is 4.79 Å². The van der Waals surface area contributed by atoms with Gasteiger partial charge >= 0.3 is 0 Å². The van der Waals surface area contributed by atoms with Gasteiger partial charge in [-0.05, 0) is 30.9 Å². The molecule has 2 aliphatic rings. The molecule has 0 saturated carbocycles. The van der Waals surface area contributed by atoms with Crippen molar-refractivity contribution in [2.45, 2.75) is 19.8 Å². The molecule has 0 radical (unpaired) electrons. The van der Waals surface area contributed by atoms with Crippen LogP contribution >= 0.6 is 23.2 Å². The zero-order valence-electron chi connectivity index (χ0n) is 12.6. The zero-order valence-corrected chi connectivity index (χ0v) is 14.2. The van der Waals surface area contributed by atoms with Crippen LogP contribution < -0.4 is 0 Å². The van der Waals surface area contributed by atoms with E-state index in [9.17, 15) is 14.4 Å². The van der Waals surface area contributed by atoms with E-state index >= 15 is 0 Å². The summed E-state index contributed by atoms with van der Waals surface area (Å²) in [4.78, 5) is 39.9. The molecule has 0 aromatic heterocycles. The molecule has 7 heteroatoms. The second-order valence-electron chi connectivity index (χ2n) is 6.10. The van der Waals surface area contributed by atoms with Gasteiger partial charge in [-0.25, -0.2) is 0 Å². The summed E-state index contributed by atoms with van der Waals surface area (Å²) in [5, 5.41) is 0.425. The van der Waals surface area contributed by atoms with E-state index in [-0.39, 0.29) is 33.6 Å². The van der Waals surface area contributed by atoms with Crippen LogP contribution in [0.5, 0.6) is 0 Å². The van der Waals surface area contributed by atoms with E-state index in [1.165, 1.54) is 12.1 Å². The van der Waals surface area contributed by atoms with Gasteiger partial charge in [-0.3, -0.25) is 19.3 Å². The Kier molecular flexibility index (Phi) is 4.34. The maximum absolute atomic E-state index is 12.4. The minimum Gasteiger partial charge on any atom is -0.341 e. The van der Waals surface area contributed by atoms with Gasteiger partial charge in [0.15, 0.2) is 0 Å². The van der Waals surface area contributed by atoms with Gasteiger partial charge in [0, 0.05) is 13.1 Å². The number of nitrogens with zero attached hydrogens (tertiary/aromatic N) is 2. The van der Waals surface area contributed by atoms with Crippen LogP contribution in [0.2, 0.25) is 10.0 Å². The average molecular weight is 355 g/mol. The lowest BCUT2D eigenvalue weighted by Crippen LogP contribution is -2.46. The van der Waals surface area contributed by atoms with E-state index in [0.29, 0.717) is 19.0 Å². The Morgan fingerprint density at radius 3 is 2.26 bits per heavy atom. The van der Waals surface area contributed by atoms with E-state index < -0.39 is 11.8 Å². The van der Waals surface area contributed by atoms with E-state index in [4.69, 9.17) is 23.2 Å². The summed E-state index contributed by atoms with van der Waals surface area (Å²) in [6.45, 7) is 3.18. The number of benzene rings is 1. The Hall–Kier alpha value is -1.59. The lowest BCUT2D eigenvalue weighted by Gasteiger charge is -2.31. The summed E-state index contributed by atoms with van der Waals surface area (Å²) in [7, 11) is 0. The molecular weight excluding hydrogens is 339 g/mol. The first-order chi connectivity index (χ1) is 10.9. The fourth-order valence-electron chi connectivity index (χ4n) is 3.08. The van der Waals surface area contributed by atoms with Crippen molar-refractivity contribution in [3.63, 3.8) is 0 Å². The highest BCUT2D eigenvalue weighted by Gasteiger charge is 2.38. The van der Waals surface area contributed by atoms with Crippen LogP contribution in [0.25, 0.3) is 0 Å². The van der Waals surface area contributed by atoms with Crippen LogP contribution in [0, 0.1) is 5.92 Å². The molecule has 2 heterocycles. The summed E-state index contributed by atoms with van der Waals surface area (Å²) >= 11 is 11.8. The fourth-order valence-corrected chi connectivity index (χ4v) is 3.41. The number of carbonyl (C=O) groups is 3. The predicted octanol–water partition coefficient (Wildman–Crippen LogP) is 2.85. The maximum atomic E-state index is 12.4. The highest BCUT2D eigenvalue weighted by molar-refractivity contribution is 6.43. The number of carbonyl (C=O) groups excluding carboxylic acids is 3. The van der Waals surface area contributed by atoms with Gasteiger partial charge in [-0.15, -0.1) is 0 Å². The van der Waals surface area contributed by atoms with Gasteiger partial charge in [0.05, 0.1) is 21.2 Å². The number of rotatable bonds is 2. The number of amides is 3. The summed E-state index contributed by atoms with van der Waals surface area (Å²) in [5.74, 6) is -0.764. The highest BCUT2D eigenvalue weighted by atomic mass is 35.5. The van der Waals surface area contributed by atoms with Gasteiger partial charge in [0.25, 0.3) is 11.8 Å². The van der Waals surface area contributed by atoms with Gasteiger partial charge in [0.2, 0.25) is 5.91 Å². The normalized spacial score (nSPS) is 20.9. The van der Waals surface area contributed by atoms with E-state index in [1.54, 1.807) is 4.90 Å². The van der Waals surface area contributed by atoms with Gasteiger partial charge in [-0.2, -0.15) is 0 Å². The summed E-state index contributed by atoms with van der Waals surface area (Å²) in [5.41, 5.74) is 0.397. The molecule has 23 heavy (non-hydrogen) atoms. The Bertz CT molecular complexity index is 664. The largest absolute Gasteiger partial charge is 0.341 e. The molecule has 1 saturated heterocycles. The molecule has 0 unspecified atom stereocenters. The average Bonchev–Trinajstić information content (AvgIpc) is 2.73. The number of halogens is 2. The summed E-state index contributed by atoms with van der Waals surface area (Å²) < 4.78 is 0. The van der Waals surface area contributed by atoms with Gasteiger partial charge < -0.3 is 4.90 Å². The third-order valence-corrected chi connectivity index (χ3v) is 5.04. The topological polar surface area (TPSA) is 57.7 Å². The van der Waals surface area contributed by atoms with Gasteiger partial charge in [-0.1, -0.05) is 30.1 Å². The Morgan fingerprint density at radius 2 is 1.74 bits per heavy atom. The predicted molar refractivity (Wildman–Crippen MR) is 86.8 cm³/mol. The molecule has 1 aromatic rings. The number of likely N-dealkylation sites (tertiary alicyclic amines) is 1. The second-order valence-corrected chi connectivity index (χ2v) is 6.91. The number of fused-ring (bicyclic) bond motifs is 1. The lowest BCUT2D eigenvalue weighted by atomic mass is 10.0. The molecule has 1 fully saturated rings.